The molecular formula is C22H29N7O2S. The van der Waals surface area contributed by atoms with Gasteiger partial charge >= 0.3 is 0 Å². The van der Waals surface area contributed by atoms with Gasteiger partial charge in [-0.2, -0.15) is 10.1 Å². The Morgan fingerprint density at radius 3 is 2.47 bits per heavy atom. The Hall–Kier alpha value is -2.72. The molecule has 2 aromatic heterocycles. The summed E-state index contributed by atoms with van der Waals surface area (Å²) < 4.78 is 27.2. The van der Waals surface area contributed by atoms with E-state index in [1.165, 1.54) is 6.26 Å². The molecule has 0 bridgehead atoms. The number of anilines is 2. The molecule has 3 N–H and O–H groups in total. The van der Waals surface area contributed by atoms with Crippen LogP contribution >= 0.6 is 0 Å². The molecular weight excluding hydrogens is 426 g/mol. The fourth-order valence-electron chi connectivity index (χ4n) is 5.27. The maximum atomic E-state index is 11.9. The first kappa shape index (κ1) is 21.1. The monoisotopic (exact) mass is 455 g/mol. The minimum absolute atomic E-state index is 0.229. The zero-order chi connectivity index (χ0) is 22.8. The van der Waals surface area contributed by atoms with Crippen LogP contribution < -0.4 is 11.1 Å². The van der Waals surface area contributed by atoms with Crippen LogP contribution in [0.1, 0.15) is 24.1 Å². The Bertz CT molecular complexity index is 1300. The second kappa shape index (κ2) is 7.41. The molecule has 32 heavy (non-hydrogen) atoms. The molecule has 10 heteroatoms. The van der Waals surface area contributed by atoms with Crippen molar-refractivity contribution in [2.45, 2.75) is 32.7 Å². The average molecular weight is 456 g/mol. The number of aromatic nitrogens is 4. The van der Waals surface area contributed by atoms with Crippen molar-refractivity contribution in [2.24, 2.45) is 18.9 Å². The molecule has 1 saturated heterocycles. The van der Waals surface area contributed by atoms with Crippen LogP contribution in [0, 0.1) is 25.7 Å². The molecule has 0 amide bonds. The first-order chi connectivity index (χ1) is 15.1. The fourth-order valence-corrected chi connectivity index (χ4v) is 6.20. The summed E-state index contributed by atoms with van der Waals surface area (Å²) in [4.78, 5) is 9.01. The third-order valence-corrected chi connectivity index (χ3v) is 8.33. The number of nitrogens with two attached hydrogens (primary N) is 1. The lowest BCUT2D eigenvalue weighted by atomic mass is 10.0. The quantitative estimate of drug-likeness (QED) is 0.619. The molecule has 2 unspecified atom stereocenters. The summed E-state index contributed by atoms with van der Waals surface area (Å²) in [6.07, 6.45) is 3.14. The maximum Gasteiger partial charge on any atom is 0.222 e. The number of hydrogen-bond acceptors (Lipinski definition) is 7. The highest BCUT2D eigenvalue weighted by atomic mass is 32.2. The molecule has 1 aliphatic heterocycles. The van der Waals surface area contributed by atoms with Crippen molar-refractivity contribution in [2.75, 3.05) is 30.4 Å². The van der Waals surface area contributed by atoms with E-state index in [2.05, 4.69) is 39.4 Å². The van der Waals surface area contributed by atoms with Crippen LogP contribution in [0.4, 0.5) is 11.8 Å². The second-order valence-corrected chi connectivity index (χ2v) is 11.2. The lowest BCUT2D eigenvalue weighted by molar-refractivity contribution is 0.444. The molecule has 3 aromatic rings. The second-order valence-electron chi connectivity index (χ2n) is 9.26. The molecule has 1 saturated carbocycles. The lowest BCUT2D eigenvalue weighted by Gasteiger charge is -2.20. The SMILES string of the molecule is Cc1c(NC2CC3CN(S(C)(=O)=O)CC3C2)nc(N)nc1-c1ccc2c(C)n(C)nc2c1. The summed E-state index contributed by atoms with van der Waals surface area (Å²) in [5.74, 6) is 1.74. The van der Waals surface area contributed by atoms with Crippen molar-refractivity contribution in [3.63, 3.8) is 0 Å². The predicted molar refractivity (Wildman–Crippen MR) is 126 cm³/mol. The summed E-state index contributed by atoms with van der Waals surface area (Å²) in [6.45, 7) is 5.28. The van der Waals surface area contributed by atoms with Gasteiger partial charge in [-0.1, -0.05) is 12.1 Å². The number of rotatable bonds is 4. The van der Waals surface area contributed by atoms with Crippen molar-refractivity contribution in [1.82, 2.24) is 24.1 Å². The van der Waals surface area contributed by atoms with Gasteiger partial charge in [0.2, 0.25) is 16.0 Å². The van der Waals surface area contributed by atoms with Gasteiger partial charge in [-0.15, -0.1) is 0 Å². The van der Waals surface area contributed by atoms with E-state index in [-0.39, 0.29) is 12.0 Å². The molecule has 2 atom stereocenters. The van der Waals surface area contributed by atoms with E-state index >= 15 is 0 Å². The normalized spacial score (nSPS) is 23.7. The number of benzene rings is 1. The zero-order valence-electron chi connectivity index (χ0n) is 18.8. The number of fused-ring (bicyclic) bond motifs is 2. The van der Waals surface area contributed by atoms with E-state index in [9.17, 15) is 8.42 Å². The summed E-state index contributed by atoms with van der Waals surface area (Å²) in [5.41, 5.74) is 10.8. The Balaban J connectivity index is 1.39. The molecule has 1 aliphatic carbocycles. The molecule has 0 spiro atoms. The van der Waals surface area contributed by atoms with Crippen molar-refractivity contribution < 1.29 is 8.42 Å². The highest BCUT2D eigenvalue weighted by Gasteiger charge is 2.43. The number of aryl methyl sites for hydroxylation is 2. The maximum absolute atomic E-state index is 11.9. The fraction of sp³-hybridized carbons (Fsp3) is 0.500. The van der Waals surface area contributed by atoms with E-state index in [0.29, 0.717) is 24.9 Å². The molecule has 170 valence electrons. The van der Waals surface area contributed by atoms with Crippen LogP contribution in [0.2, 0.25) is 0 Å². The zero-order valence-corrected chi connectivity index (χ0v) is 19.6. The van der Waals surface area contributed by atoms with E-state index < -0.39 is 10.0 Å². The van der Waals surface area contributed by atoms with Gasteiger partial charge < -0.3 is 11.1 Å². The van der Waals surface area contributed by atoms with Crippen molar-refractivity contribution in [3.8, 4) is 11.3 Å². The molecule has 0 radical (unpaired) electrons. The van der Waals surface area contributed by atoms with Gasteiger partial charge in [-0.3, -0.25) is 4.68 Å². The van der Waals surface area contributed by atoms with Crippen LogP contribution in [0.15, 0.2) is 18.2 Å². The highest BCUT2D eigenvalue weighted by Crippen LogP contribution is 2.40. The highest BCUT2D eigenvalue weighted by molar-refractivity contribution is 7.88. The molecule has 2 aliphatic rings. The number of sulfonamides is 1. The topological polar surface area (TPSA) is 119 Å². The summed E-state index contributed by atoms with van der Waals surface area (Å²) in [5, 5.41) is 9.29. The van der Waals surface area contributed by atoms with E-state index in [0.717, 1.165) is 52.1 Å². The Kier molecular flexibility index (Phi) is 4.90. The summed E-state index contributed by atoms with van der Waals surface area (Å²) in [6, 6.07) is 6.41. The Labute approximate surface area is 188 Å². The number of nitrogens with zero attached hydrogens (tertiary/aromatic N) is 5. The van der Waals surface area contributed by atoms with Crippen LogP contribution in [-0.2, 0) is 17.1 Å². The third-order valence-electron chi connectivity index (χ3n) is 7.09. The predicted octanol–water partition coefficient (Wildman–Crippen LogP) is 2.31. The number of hydrogen-bond donors (Lipinski definition) is 2. The average Bonchev–Trinajstić information content (AvgIpc) is 3.36. The van der Waals surface area contributed by atoms with Gasteiger partial charge in [0, 0.05) is 48.4 Å². The number of nitrogen functional groups attached to an aromatic ring is 1. The number of nitrogens with one attached hydrogen (secondary N) is 1. The third kappa shape index (κ3) is 3.61. The van der Waals surface area contributed by atoms with Crippen LogP contribution in [0.25, 0.3) is 22.2 Å². The van der Waals surface area contributed by atoms with Crippen molar-refractivity contribution in [3.05, 3.63) is 29.5 Å². The van der Waals surface area contributed by atoms with E-state index in [4.69, 9.17) is 5.73 Å². The minimum Gasteiger partial charge on any atom is -0.368 e. The summed E-state index contributed by atoms with van der Waals surface area (Å²) in [7, 11) is -1.18. The van der Waals surface area contributed by atoms with Gasteiger partial charge in [-0.05, 0) is 44.6 Å². The van der Waals surface area contributed by atoms with Gasteiger partial charge in [0.25, 0.3) is 0 Å². The van der Waals surface area contributed by atoms with Crippen molar-refractivity contribution in [1.29, 1.82) is 0 Å². The molecule has 3 heterocycles. The van der Waals surface area contributed by atoms with Crippen molar-refractivity contribution >= 4 is 32.7 Å². The van der Waals surface area contributed by atoms with E-state index in [1.807, 2.05) is 24.7 Å². The van der Waals surface area contributed by atoms with Gasteiger partial charge in [0.1, 0.15) is 5.82 Å². The Morgan fingerprint density at radius 2 is 1.81 bits per heavy atom. The van der Waals surface area contributed by atoms with Gasteiger partial charge in [0.05, 0.1) is 17.5 Å². The minimum atomic E-state index is -3.12. The molecule has 1 aromatic carbocycles. The smallest absolute Gasteiger partial charge is 0.222 e. The van der Waals surface area contributed by atoms with Crippen LogP contribution in [0.5, 0.6) is 0 Å². The van der Waals surface area contributed by atoms with Gasteiger partial charge in [0.15, 0.2) is 0 Å². The Morgan fingerprint density at radius 1 is 1.12 bits per heavy atom. The lowest BCUT2D eigenvalue weighted by Crippen LogP contribution is -2.30. The largest absolute Gasteiger partial charge is 0.368 e. The first-order valence-corrected chi connectivity index (χ1v) is 12.7. The van der Waals surface area contributed by atoms with Crippen LogP contribution in [0.3, 0.4) is 0 Å². The van der Waals surface area contributed by atoms with Gasteiger partial charge in [-0.25, -0.2) is 17.7 Å². The molecule has 5 rings (SSSR count). The molecule has 2 fully saturated rings. The summed E-state index contributed by atoms with van der Waals surface area (Å²) >= 11 is 0. The van der Waals surface area contributed by atoms with E-state index in [1.54, 1.807) is 4.31 Å². The van der Waals surface area contributed by atoms with Crippen LogP contribution in [-0.4, -0.2) is 57.9 Å². The first-order valence-electron chi connectivity index (χ1n) is 10.9. The standard InChI is InChI=1S/C22H29N7O2S/c1-12-20(14-5-6-18-13(2)28(3)27-19(18)9-14)25-22(23)26-21(12)24-17-7-15-10-29(32(4,30)31)11-16(15)8-17/h5-6,9,15-17H,7-8,10-11H2,1-4H3,(H3,23,24,25,26). The molecule has 9 nitrogen and oxygen atoms in total.